The second-order valence-corrected chi connectivity index (χ2v) is 7.84. The molecule has 14 heteroatoms. The maximum Gasteiger partial charge on any atom is 0.471 e. The SMILES string of the molecule is CCCSc1nc(Cl)c(NC(=O)C(F)(F)F)c(NC2CC(OCCO)C(O)C2O)n1. The largest absolute Gasteiger partial charge is 0.471 e. The maximum absolute atomic E-state index is 12.7. The van der Waals surface area contributed by atoms with Gasteiger partial charge in [0.25, 0.3) is 0 Å². The first-order valence-corrected chi connectivity index (χ1v) is 10.4. The van der Waals surface area contributed by atoms with Crippen molar-refractivity contribution in [3.63, 3.8) is 0 Å². The van der Waals surface area contributed by atoms with Crippen LogP contribution in [-0.4, -0.2) is 80.7 Å². The van der Waals surface area contributed by atoms with Gasteiger partial charge < -0.3 is 30.7 Å². The van der Waals surface area contributed by atoms with Crippen LogP contribution in [0.25, 0.3) is 0 Å². The van der Waals surface area contributed by atoms with E-state index in [0.717, 1.165) is 6.42 Å². The number of aliphatic hydroxyl groups is 3. The standard InChI is InChI=1S/C16H22ClF3N4O5S/c1-2-5-30-15-23-12(17)9(22-14(28)16(18,19)20)13(24-15)21-7-6-8(29-4-3-25)11(27)10(7)26/h7-8,10-11,25-27H,2-6H2,1H3,(H,22,28)(H,21,23,24). The van der Waals surface area contributed by atoms with Crippen LogP contribution in [0.1, 0.15) is 19.8 Å². The molecule has 0 aromatic carbocycles. The monoisotopic (exact) mass is 474 g/mol. The molecule has 0 radical (unpaired) electrons. The molecular formula is C16H22ClF3N4O5S. The van der Waals surface area contributed by atoms with E-state index in [1.54, 1.807) is 5.32 Å². The van der Waals surface area contributed by atoms with Crippen molar-refractivity contribution in [3.05, 3.63) is 5.15 Å². The number of carbonyl (C=O) groups is 1. The molecule has 1 aromatic rings. The van der Waals surface area contributed by atoms with E-state index in [1.807, 2.05) is 6.92 Å². The first-order chi connectivity index (χ1) is 14.1. The van der Waals surface area contributed by atoms with Gasteiger partial charge in [0, 0.05) is 5.75 Å². The number of alkyl halides is 3. The van der Waals surface area contributed by atoms with E-state index in [1.165, 1.54) is 11.8 Å². The molecule has 0 spiro atoms. The molecule has 5 N–H and O–H groups in total. The van der Waals surface area contributed by atoms with E-state index in [9.17, 15) is 28.2 Å². The van der Waals surface area contributed by atoms with Gasteiger partial charge in [-0.2, -0.15) is 13.2 Å². The van der Waals surface area contributed by atoms with Gasteiger partial charge in [-0.3, -0.25) is 4.79 Å². The predicted molar refractivity (Wildman–Crippen MR) is 104 cm³/mol. The fourth-order valence-corrected chi connectivity index (χ4v) is 3.71. The normalized spacial score (nSPS) is 24.1. The van der Waals surface area contributed by atoms with Crippen LogP contribution in [0.2, 0.25) is 5.15 Å². The Morgan fingerprint density at radius 2 is 2.03 bits per heavy atom. The highest BCUT2D eigenvalue weighted by Crippen LogP contribution is 2.34. The van der Waals surface area contributed by atoms with Crippen molar-refractivity contribution in [1.82, 2.24) is 9.97 Å². The molecule has 1 aromatic heterocycles. The molecule has 4 unspecified atom stereocenters. The fourth-order valence-electron chi connectivity index (χ4n) is 2.75. The average molecular weight is 475 g/mol. The number of nitrogens with one attached hydrogen (secondary N) is 2. The summed E-state index contributed by atoms with van der Waals surface area (Å²) < 4.78 is 43.4. The summed E-state index contributed by atoms with van der Waals surface area (Å²) >= 11 is 7.21. The Bertz CT molecular complexity index is 746. The Labute approximate surface area is 179 Å². The topological polar surface area (TPSA) is 137 Å². The van der Waals surface area contributed by atoms with Gasteiger partial charge in [-0.05, 0) is 12.8 Å². The molecule has 0 aliphatic heterocycles. The molecule has 1 saturated carbocycles. The van der Waals surface area contributed by atoms with Crippen molar-refractivity contribution in [3.8, 4) is 0 Å². The quantitative estimate of drug-likeness (QED) is 0.204. The summed E-state index contributed by atoms with van der Waals surface area (Å²) in [4.78, 5) is 19.4. The number of hydrogen-bond acceptors (Lipinski definition) is 9. The van der Waals surface area contributed by atoms with Crippen molar-refractivity contribution >= 4 is 40.8 Å². The van der Waals surface area contributed by atoms with E-state index in [-0.39, 0.29) is 30.6 Å². The molecule has 170 valence electrons. The minimum atomic E-state index is -5.16. The minimum Gasteiger partial charge on any atom is -0.394 e. The lowest BCUT2D eigenvalue weighted by Gasteiger charge is -2.21. The molecule has 4 atom stereocenters. The number of thioether (sulfide) groups is 1. The van der Waals surface area contributed by atoms with Crippen LogP contribution in [0.3, 0.4) is 0 Å². The van der Waals surface area contributed by atoms with Gasteiger partial charge >= 0.3 is 12.1 Å². The van der Waals surface area contributed by atoms with Gasteiger partial charge in [0.1, 0.15) is 17.9 Å². The summed E-state index contributed by atoms with van der Waals surface area (Å²) in [6.45, 7) is 1.56. The minimum absolute atomic E-state index is 0.0635. The van der Waals surface area contributed by atoms with Gasteiger partial charge in [-0.25, -0.2) is 9.97 Å². The highest BCUT2D eigenvalue weighted by Gasteiger charge is 2.43. The van der Waals surface area contributed by atoms with Crippen molar-refractivity contribution in [2.24, 2.45) is 0 Å². The number of carbonyl (C=O) groups excluding carboxylic acids is 1. The van der Waals surface area contributed by atoms with E-state index < -0.39 is 47.3 Å². The Hall–Kier alpha value is -1.38. The van der Waals surface area contributed by atoms with Crippen molar-refractivity contribution in [2.45, 2.75) is 55.5 Å². The Morgan fingerprint density at radius 1 is 1.33 bits per heavy atom. The summed E-state index contributed by atoms with van der Waals surface area (Å²) in [5, 5.41) is 33.3. The smallest absolute Gasteiger partial charge is 0.394 e. The molecular weight excluding hydrogens is 453 g/mol. The Balaban J connectivity index is 2.30. The van der Waals surface area contributed by atoms with Gasteiger partial charge in [0.2, 0.25) is 0 Å². The lowest BCUT2D eigenvalue weighted by molar-refractivity contribution is -0.167. The van der Waals surface area contributed by atoms with E-state index >= 15 is 0 Å². The van der Waals surface area contributed by atoms with Crippen LogP contribution in [0, 0.1) is 0 Å². The van der Waals surface area contributed by atoms with E-state index in [2.05, 4.69) is 15.3 Å². The van der Waals surface area contributed by atoms with Crippen LogP contribution < -0.4 is 10.6 Å². The van der Waals surface area contributed by atoms with Crippen LogP contribution in [-0.2, 0) is 9.53 Å². The fraction of sp³-hybridized carbons (Fsp3) is 0.688. The molecule has 2 rings (SSSR count). The molecule has 0 bridgehead atoms. The third-order valence-electron chi connectivity index (χ3n) is 4.15. The third-order valence-corrected chi connectivity index (χ3v) is 5.48. The maximum atomic E-state index is 12.7. The molecule has 1 aliphatic rings. The molecule has 0 saturated heterocycles. The van der Waals surface area contributed by atoms with Gasteiger partial charge in [0.15, 0.2) is 16.1 Å². The summed E-state index contributed by atoms with van der Waals surface area (Å²) in [7, 11) is 0. The molecule has 1 fully saturated rings. The van der Waals surface area contributed by atoms with Crippen molar-refractivity contribution in [2.75, 3.05) is 29.6 Å². The zero-order chi connectivity index (χ0) is 22.5. The number of aliphatic hydroxyl groups excluding tert-OH is 3. The third kappa shape index (κ3) is 6.31. The second kappa shape index (κ2) is 10.8. The Morgan fingerprint density at radius 3 is 2.63 bits per heavy atom. The summed E-state index contributed by atoms with van der Waals surface area (Å²) in [5.41, 5.74) is -0.499. The molecule has 30 heavy (non-hydrogen) atoms. The number of aromatic nitrogens is 2. The zero-order valence-electron chi connectivity index (χ0n) is 15.8. The molecule has 1 aliphatic carbocycles. The van der Waals surface area contributed by atoms with Gasteiger partial charge in [-0.15, -0.1) is 0 Å². The van der Waals surface area contributed by atoms with Crippen LogP contribution >= 0.6 is 23.4 Å². The lowest BCUT2D eigenvalue weighted by Crippen LogP contribution is -2.37. The zero-order valence-corrected chi connectivity index (χ0v) is 17.4. The van der Waals surface area contributed by atoms with Crippen LogP contribution in [0.15, 0.2) is 5.16 Å². The highest BCUT2D eigenvalue weighted by molar-refractivity contribution is 7.99. The predicted octanol–water partition coefficient (Wildman–Crippen LogP) is 1.42. The first kappa shape index (κ1) is 24.9. The number of anilines is 2. The lowest BCUT2D eigenvalue weighted by atomic mass is 10.2. The Kier molecular flexibility index (Phi) is 8.94. The first-order valence-electron chi connectivity index (χ1n) is 9.02. The number of rotatable bonds is 9. The molecule has 1 heterocycles. The van der Waals surface area contributed by atoms with E-state index in [4.69, 9.17) is 21.4 Å². The summed E-state index contributed by atoms with van der Waals surface area (Å²) in [6, 6.07) is -0.875. The van der Waals surface area contributed by atoms with Gasteiger partial charge in [0.05, 0.1) is 25.4 Å². The number of halogens is 4. The van der Waals surface area contributed by atoms with Crippen molar-refractivity contribution < 1.29 is 38.0 Å². The summed E-state index contributed by atoms with van der Waals surface area (Å²) in [5.74, 6) is -1.88. The number of nitrogens with zero attached hydrogens (tertiary/aromatic N) is 2. The number of ether oxygens (including phenoxy) is 1. The second-order valence-electron chi connectivity index (χ2n) is 6.42. The summed E-state index contributed by atoms with van der Waals surface area (Å²) in [6.07, 6.45) is -7.78. The highest BCUT2D eigenvalue weighted by atomic mass is 35.5. The van der Waals surface area contributed by atoms with Gasteiger partial charge in [-0.1, -0.05) is 30.3 Å². The van der Waals surface area contributed by atoms with E-state index in [0.29, 0.717) is 5.75 Å². The van der Waals surface area contributed by atoms with Crippen LogP contribution in [0.4, 0.5) is 24.7 Å². The van der Waals surface area contributed by atoms with Crippen LogP contribution in [0.5, 0.6) is 0 Å². The number of hydrogen-bond donors (Lipinski definition) is 5. The van der Waals surface area contributed by atoms with Crippen molar-refractivity contribution in [1.29, 1.82) is 0 Å². The molecule has 1 amide bonds. The number of amides is 1. The molecule has 9 nitrogen and oxygen atoms in total. The average Bonchev–Trinajstić information content (AvgIpc) is 2.94.